The van der Waals surface area contributed by atoms with Crippen LogP contribution in [-0.2, 0) is 14.4 Å². The molecule has 0 atom stereocenters. The van der Waals surface area contributed by atoms with Crippen LogP contribution in [0.2, 0.25) is 0 Å². The first-order chi connectivity index (χ1) is 15.4. The van der Waals surface area contributed by atoms with Crippen LogP contribution in [0.1, 0.15) is 50.7 Å². The lowest BCUT2D eigenvalue weighted by Crippen LogP contribution is -2.34. The van der Waals surface area contributed by atoms with E-state index in [2.05, 4.69) is 49.2 Å². The summed E-state index contributed by atoms with van der Waals surface area (Å²) < 4.78 is 0. The Kier molecular flexibility index (Phi) is 7.51. The quantitative estimate of drug-likeness (QED) is 0.574. The van der Waals surface area contributed by atoms with Gasteiger partial charge in [-0.3, -0.25) is 14.9 Å². The normalized spacial score (nSPS) is 13.4. The summed E-state index contributed by atoms with van der Waals surface area (Å²) in [5.74, 6) is -1.02. The number of carbonyl (C=O) groups excluding carboxylic acids is 3. The van der Waals surface area contributed by atoms with Crippen LogP contribution in [0.3, 0.4) is 0 Å². The molecule has 0 unspecified atom stereocenters. The van der Waals surface area contributed by atoms with E-state index in [1.54, 1.807) is 6.07 Å². The highest BCUT2D eigenvalue weighted by Crippen LogP contribution is 2.40. The maximum Gasteiger partial charge on any atom is 0.436 e. The fraction of sp³-hybridized carbons (Fsp3) is 0.400. The molecule has 170 valence electrons. The molecule has 1 aliphatic heterocycles. The van der Waals surface area contributed by atoms with Gasteiger partial charge in [0.2, 0.25) is 0 Å². The van der Waals surface area contributed by atoms with E-state index in [4.69, 9.17) is 4.84 Å². The first-order valence-electron chi connectivity index (χ1n) is 11.2. The van der Waals surface area contributed by atoms with Gasteiger partial charge in [0, 0.05) is 42.7 Å². The summed E-state index contributed by atoms with van der Waals surface area (Å²) in [6.45, 7) is 10.2. The monoisotopic (exact) mass is 437 g/mol. The minimum absolute atomic E-state index is 0.0546. The number of hydrogen-bond donors (Lipinski definition) is 1. The lowest BCUT2D eigenvalue weighted by Gasteiger charge is -2.29. The molecule has 1 N–H and O–H groups in total. The zero-order valence-corrected chi connectivity index (χ0v) is 19.2. The van der Waals surface area contributed by atoms with Gasteiger partial charge in [0.1, 0.15) is 0 Å². The summed E-state index contributed by atoms with van der Waals surface area (Å²) in [5, 5.41) is 3.30. The number of hydrogen-bond acceptors (Lipinski definition) is 5. The molecule has 3 amide bonds. The molecule has 7 nitrogen and oxygen atoms in total. The topological polar surface area (TPSA) is 79.0 Å². The Bertz CT molecular complexity index is 996. The standard InChI is InChI=1S/C25H31N3O4/c1-5-15-27(16-6-2)20-12-8-10-18(4)24(20)23-17(3)9-7-11-19(23)26-25(31)32-28-21(29)13-14-22(28)30/h7-12H,5-6,13-16H2,1-4H3,(H,26,31). The van der Waals surface area contributed by atoms with Crippen molar-refractivity contribution in [1.29, 1.82) is 0 Å². The summed E-state index contributed by atoms with van der Waals surface area (Å²) in [7, 11) is 0. The van der Waals surface area contributed by atoms with E-state index in [1.165, 1.54) is 0 Å². The SMILES string of the molecule is CCCN(CCC)c1cccc(C)c1-c1c(C)cccc1NC(=O)ON1C(=O)CCC1=O. The van der Waals surface area contributed by atoms with Gasteiger partial charge in [0.25, 0.3) is 11.8 Å². The summed E-state index contributed by atoms with van der Waals surface area (Å²) in [6.07, 6.45) is 1.29. The number of anilines is 2. The molecule has 1 saturated heterocycles. The second-order valence-electron chi connectivity index (χ2n) is 8.04. The number of rotatable bonds is 8. The van der Waals surface area contributed by atoms with Gasteiger partial charge in [-0.25, -0.2) is 4.79 Å². The van der Waals surface area contributed by atoms with Gasteiger partial charge >= 0.3 is 6.09 Å². The summed E-state index contributed by atoms with van der Waals surface area (Å²) in [6, 6.07) is 11.9. The number of imide groups is 1. The van der Waals surface area contributed by atoms with E-state index in [-0.39, 0.29) is 12.8 Å². The fourth-order valence-electron chi connectivity index (χ4n) is 4.11. The zero-order valence-electron chi connectivity index (χ0n) is 19.2. The van der Waals surface area contributed by atoms with Crippen LogP contribution in [0.25, 0.3) is 11.1 Å². The van der Waals surface area contributed by atoms with Crippen molar-refractivity contribution in [3.05, 3.63) is 47.5 Å². The first kappa shape index (κ1) is 23.3. The van der Waals surface area contributed by atoms with E-state index in [0.717, 1.165) is 53.9 Å². The lowest BCUT2D eigenvalue weighted by atomic mass is 9.92. The van der Waals surface area contributed by atoms with E-state index >= 15 is 0 Å². The molecule has 0 radical (unpaired) electrons. The largest absolute Gasteiger partial charge is 0.436 e. The van der Waals surface area contributed by atoms with Gasteiger partial charge < -0.3 is 9.74 Å². The van der Waals surface area contributed by atoms with Gasteiger partial charge in [-0.05, 0) is 49.9 Å². The van der Waals surface area contributed by atoms with E-state index in [9.17, 15) is 14.4 Å². The predicted octanol–water partition coefficient (Wildman–Crippen LogP) is 5.21. The second-order valence-corrected chi connectivity index (χ2v) is 8.04. The van der Waals surface area contributed by atoms with Crippen LogP contribution in [0.4, 0.5) is 16.2 Å². The van der Waals surface area contributed by atoms with Crippen molar-refractivity contribution in [2.75, 3.05) is 23.3 Å². The Balaban J connectivity index is 2.00. The minimum atomic E-state index is -0.866. The Morgan fingerprint density at radius 2 is 1.50 bits per heavy atom. The van der Waals surface area contributed by atoms with Crippen molar-refractivity contribution in [1.82, 2.24) is 5.06 Å². The van der Waals surface area contributed by atoms with Crippen molar-refractivity contribution < 1.29 is 19.2 Å². The maximum absolute atomic E-state index is 12.6. The molecule has 0 bridgehead atoms. The van der Waals surface area contributed by atoms with Crippen molar-refractivity contribution in [2.45, 2.75) is 53.4 Å². The maximum atomic E-state index is 12.6. The van der Waals surface area contributed by atoms with Crippen LogP contribution in [0.15, 0.2) is 36.4 Å². The van der Waals surface area contributed by atoms with Crippen LogP contribution in [-0.4, -0.2) is 36.1 Å². The second kappa shape index (κ2) is 10.3. The van der Waals surface area contributed by atoms with E-state index in [0.29, 0.717) is 10.8 Å². The van der Waals surface area contributed by atoms with E-state index in [1.807, 2.05) is 19.1 Å². The molecule has 1 heterocycles. The average molecular weight is 438 g/mol. The van der Waals surface area contributed by atoms with Crippen LogP contribution >= 0.6 is 0 Å². The molecule has 2 aromatic carbocycles. The summed E-state index contributed by atoms with van der Waals surface area (Å²) in [4.78, 5) is 43.6. The molecular weight excluding hydrogens is 406 g/mol. The van der Waals surface area contributed by atoms with E-state index < -0.39 is 17.9 Å². The Morgan fingerprint density at radius 1 is 0.938 bits per heavy atom. The fourth-order valence-corrected chi connectivity index (χ4v) is 4.11. The zero-order chi connectivity index (χ0) is 23.3. The molecule has 0 aliphatic carbocycles. The summed E-state index contributed by atoms with van der Waals surface area (Å²) in [5.41, 5.74) is 5.72. The number of hydroxylamine groups is 2. The third-order valence-corrected chi connectivity index (χ3v) is 5.52. The predicted molar refractivity (Wildman–Crippen MR) is 125 cm³/mol. The highest BCUT2D eigenvalue weighted by atomic mass is 16.7. The summed E-state index contributed by atoms with van der Waals surface area (Å²) >= 11 is 0. The molecule has 32 heavy (non-hydrogen) atoms. The minimum Gasteiger partial charge on any atom is -0.371 e. The van der Waals surface area contributed by atoms with Crippen LogP contribution < -0.4 is 10.2 Å². The van der Waals surface area contributed by atoms with Gasteiger partial charge in [-0.2, -0.15) is 0 Å². The molecule has 1 aliphatic rings. The van der Waals surface area contributed by atoms with Crippen LogP contribution in [0.5, 0.6) is 0 Å². The molecular formula is C25H31N3O4. The van der Waals surface area contributed by atoms with Crippen molar-refractivity contribution in [3.8, 4) is 11.1 Å². The number of nitrogens with zero attached hydrogens (tertiary/aromatic N) is 2. The number of amides is 3. The number of carbonyl (C=O) groups is 3. The molecule has 7 heteroatoms. The Morgan fingerprint density at radius 3 is 2.09 bits per heavy atom. The third kappa shape index (κ3) is 4.93. The Hall–Kier alpha value is -3.35. The van der Waals surface area contributed by atoms with Gasteiger partial charge in [-0.1, -0.05) is 38.1 Å². The van der Waals surface area contributed by atoms with Crippen LogP contribution in [0, 0.1) is 13.8 Å². The smallest absolute Gasteiger partial charge is 0.371 e. The average Bonchev–Trinajstić information content (AvgIpc) is 3.06. The van der Waals surface area contributed by atoms with Crippen molar-refractivity contribution in [2.24, 2.45) is 0 Å². The Labute approximate surface area is 189 Å². The van der Waals surface area contributed by atoms with Crippen molar-refractivity contribution in [3.63, 3.8) is 0 Å². The molecule has 0 aromatic heterocycles. The number of benzene rings is 2. The third-order valence-electron chi connectivity index (χ3n) is 5.52. The van der Waals surface area contributed by atoms with Gasteiger partial charge in [0.05, 0.1) is 5.69 Å². The molecule has 3 rings (SSSR count). The number of nitrogens with one attached hydrogen (secondary N) is 1. The highest BCUT2D eigenvalue weighted by Gasteiger charge is 2.33. The van der Waals surface area contributed by atoms with Gasteiger partial charge in [0.15, 0.2) is 0 Å². The molecule has 1 fully saturated rings. The highest BCUT2D eigenvalue weighted by molar-refractivity contribution is 6.03. The molecule has 2 aromatic rings. The molecule has 0 spiro atoms. The number of aryl methyl sites for hydroxylation is 2. The van der Waals surface area contributed by atoms with Gasteiger partial charge in [-0.15, -0.1) is 5.06 Å². The molecule has 0 saturated carbocycles. The lowest BCUT2D eigenvalue weighted by molar-refractivity contribution is -0.170. The van der Waals surface area contributed by atoms with Crippen molar-refractivity contribution >= 4 is 29.3 Å². The first-order valence-corrected chi connectivity index (χ1v) is 11.2.